The molecule has 0 aliphatic heterocycles. The molecular weight excluding hydrogens is 388 g/mol. The van der Waals surface area contributed by atoms with E-state index in [1.165, 1.54) is 7.11 Å². The van der Waals surface area contributed by atoms with Gasteiger partial charge in [0.15, 0.2) is 0 Å². The highest BCUT2D eigenvalue weighted by Crippen LogP contribution is 2.26. The fourth-order valence-corrected chi connectivity index (χ4v) is 3.11. The van der Waals surface area contributed by atoms with Crippen LogP contribution in [0.15, 0.2) is 23.5 Å². The number of carbonyl (C=O) groups is 3. The molecule has 1 aliphatic carbocycles. The number of amides is 2. The summed E-state index contributed by atoms with van der Waals surface area (Å²) in [5.74, 6) is -0.668. The predicted octanol–water partition coefficient (Wildman–Crippen LogP) is 3.38. The van der Waals surface area contributed by atoms with Crippen LogP contribution in [-0.4, -0.2) is 47.9 Å². The van der Waals surface area contributed by atoms with Crippen LogP contribution < -0.4 is 10.6 Å². The normalized spacial score (nSPS) is 18.6. The summed E-state index contributed by atoms with van der Waals surface area (Å²) in [6, 6.07) is -1.75. The maximum absolute atomic E-state index is 13.0. The van der Waals surface area contributed by atoms with Crippen molar-refractivity contribution in [1.29, 1.82) is 0 Å². The first kappa shape index (κ1) is 25.5. The van der Waals surface area contributed by atoms with Crippen molar-refractivity contribution in [3.63, 3.8) is 0 Å². The van der Waals surface area contributed by atoms with Crippen molar-refractivity contribution in [1.82, 2.24) is 10.6 Å². The summed E-state index contributed by atoms with van der Waals surface area (Å²) < 4.78 is 10.1. The number of rotatable bonds is 8. The Hall–Kier alpha value is -2.51. The van der Waals surface area contributed by atoms with Gasteiger partial charge in [0.1, 0.15) is 17.7 Å². The number of esters is 1. The lowest BCUT2D eigenvalue weighted by Gasteiger charge is -2.27. The van der Waals surface area contributed by atoms with E-state index in [9.17, 15) is 19.5 Å². The lowest BCUT2D eigenvalue weighted by Crippen LogP contribution is -2.53. The largest absolute Gasteiger partial charge is 0.512 e. The molecule has 0 aromatic carbocycles. The number of ether oxygens (including phenoxy) is 2. The molecule has 0 heterocycles. The Kier molecular flexibility index (Phi) is 9.39. The molecule has 8 nitrogen and oxygen atoms in total. The number of allylic oxidation sites excluding steroid dienone is 3. The van der Waals surface area contributed by atoms with Crippen molar-refractivity contribution in [2.24, 2.45) is 11.8 Å². The van der Waals surface area contributed by atoms with E-state index in [4.69, 9.17) is 9.47 Å². The van der Waals surface area contributed by atoms with Crippen LogP contribution in [0.25, 0.3) is 0 Å². The van der Waals surface area contributed by atoms with Crippen molar-refractivity contribution >= 4 is 18.0 Å². The third kappa shape index (κ3) is 8.88. The van der Waals surface area contributed by atoms with Gasteiger partial charge in [0, 0.05) is 5.92 Å². The van der Waals surface area contributed by atoms with Crippen LogP contribution in [0.1, 0.15) is 60.8 Å². The number of methoxy groups -OCH3 is 1. The Morgan fingerprint density at radius 1 is 1.17 bits per heavy atom. The SMILES string of the molecule is COC(=O)[C@H](CC(C)C)NC(=O)[C@H](CC1=CC=C(O)C(C)C1)NC(=O)OC(C)(C)C. The van der Waals surface area contributed by atoms with E-state index in [2.05, 4.69) is 10.6 Å². The first-order chi connectivity index (χ1) is 13.8. The molecule has 1 rings (SSSR count). The Morgan fingerprint density at radius 2 is 1.80 bits per heavy atom. The molecule has 0 aromatic heterocycles. The summed E-state index contributed by atoms with van der Waals surface area (Å²) in [6.45, 7) is 11.0. The van der Waals surface area contributed by atoms with Crippen LogP contribution in [0, 0.1) is 11.8 Å². The molecule has 1 unspecified atom stereocenters. The molecule has 0 radical (unpaired) electrons. The lowest BCUT2D eigenvalue weighted by molar-refractivity contribution is -0.145. The van der Waals surface area contributed by atoms with E-state index in [-0.39, 0.29) is 24.0 Å². The maximum atomic E-state index is 13.0. The van der Waals surface area contributed by atoms with Crippen molar-refractivity contribution in [2.75, 3.05) is 7.11 Å². The van der Waals surface area contributed by atoms with Crippen molar-refractivity contribution < 1.29 is 29.0 Å². The van der Waals surface area contributed by atoms with Crippen molar-refractivity contribution in [2.45, 2.75) is 78.5 Å². The molecule has 3 N–H and O–H groups in total. The molecular formula is C22H36N2O6. The van der Waals surface area contributed by atoms with Crippen LogP contribution in [0.4, 0.5) is 4.79 Å². The maximum Gasteiger partial charge on any atom is 0.408 e. The van der Waals surface area contributed by atoms with E-state index in [1.54, 1.807) is 32.9 Å². The van der Waals surface area contributed by atoms with Gasteiger partial charge in [-0.3, -0.25) is 4.79 Å². The number of hydrogen-bond donors (Lipinski definition) is 3. The minimum absolute atomic E-state index is 0.0704. The topological polar surface area (TPSA) is 114 Å². The second-order valence-corrected chi connectivity index (χ2v) is 9.14. The molecule has 0 saturated carbocycles. The van der Waals surface area contributed by atoms with Gasteiger partial charge < -0.3 is 25.2 Å². The molecule has 0 saturated heterocycles. The predicted molar refractivity (Wildman–Crippen MR) is 114 cm³/mol. The van der Waals surface area contributed by atoms with Crippen LogP contribution in [0.3, 0.4) is 0 Å². The second-order valence-electron chi connectivity index (χ2n) is 9.14. The molecule has 30 heavy (non-hydrogen) atoms. The van der Waals surface area contributed by atoms with E-state index in [0.717, 1.165) is 5.57 Å². The number of nitrogens with one attached hydrogen (secondary N) is 2. The van der Waals surface area contributed by atoms with Crippen molar-refractivity contribution in [3.05, 3.63) is 23.5 Å². The van der Waals surface area contributed by atoms with E-state index < -0.39 is 35.7 Å². The van der Waals surface area contributed by atoms with E-state index in [1.807, 2.05) is 20.8 Å². The molecule has 1 aliphatic rings. The lowest BCUT2D eigenvalue weighted by atomic mass is 9.90. The van der Waals surface area contributed by atoms with Crippen LogP contribution in [-0.2, 0) is 19.1 Å². The fourth-order valence-electron chi connectivity index (χ4n) is 3.11. The van der Waals surface area contributed by atoms with Gasteiger partial charge in [0.2, 0.25) is 5.91 Å². The summed E-state index contributed by atoms with van der Waals surface area (Å²) in [5, 5.41) is 15.1. The standard InChI is InChI=1S/C22H36N2O6/c1-13(2)10-17(20(27)29-7)23-19(26)16(24-21(28)30-22(4,5)6)12-15-8-9-18(25)14(3)11-15/h8-9,13-14,16-17,25H,10-12H2,1-7H3,(H,23,26)(H,24,28)/t14?,16-,17-/m0/s1. The second kappa shape index (κ2) is 11.0. The summed E-state index contributed by atoms with van der Waals surface area (Å²) in [6.07, 6.45) is 3.83. The number of alkyl carbamates (subject to hydrolysis) is 1. The number of carbonyl (C=O) groups excluding carboxylic acids is 3. The monoisotopic (exact) mass is 424 g/mol. The minimum Gasteiger partial charge on any atom is -0.512 e. The third-order valence-electron chi connectivity index (χ3n) is 4.55. The van der Waals surface area contributed by atoms with Crippen LogP contribution >= 0.6 is 0 Å². The summed E-state index contributed by atoms with van der Waals surface area (Å²) in [7, 11) is 1.27. The fraction of sp³-hybridized carbons (Fsp3) is 0.682. The summed E-state index contributed by atoms with van der Waals surface area (Å²) in [4.78, 5) is 37.4. The van der Waals surface area contributed by atoms with E-state index in [0.29, 0.717) is 12.8 Å². The Balaban J connectivity index is 3.01. The Morgan fingerprint density at radius 3 is 2.30 bits per heavy atom. The van der Waals surface area contributed by atoms with E-state index >= 15 is 0 Å². The average molecular weight is 425 g/mol. The third-order valence-corrected chi connectivity index (χ3v) is 4.55. The number of aliphatic hydroxyl groups is 1. The average Bonchev–Trinajstić information content (AvgIpc) is 2.60. The molecule has 0 bridgehead atoms. The molecule has 0 aromatic rings. The highest BCUT2D eigenvalue weighted by molar-refractivity contribution is 5.89. The molecule has 8 heteroatoms. The minimum atomic E-state index is -0.939. The first-order valence-corrected chi connectivity index (χ1v) is 10.3. The van der Waals surface area contributed by atoms with Gasteiger partial charge in [-0.15, -0.1) is 0 Å². The van der Waals surface area contributed by atoms with Crippen molar-refractivity contribution in [3.8, 4) is 0 Å². The van der Waals surface area contributed by atoms with Gasteiger partial charge in [-0.1, -0.05) is 32.4 Å². The molecule has 0 fully saturated rings. The van der Waals surface area contributed by atoms with Crippen LogP contribution in [0.2, 0.25) is 0 Å². The van der Waals surface area contributed by atoms with Gasteiger partial charge in [-0.25, -0.2) is 9.59 Å². The van der Waals surface area contributed by atoms with Crippen LogP contribution in [0.5, 0.6) is 0 Å². The number of aliphatic hydroxyl groups excluding tert-OH is 1. The number of hydrogen-bond acceptors (Lipinski definition) is 6. The van der Waals surface area contributed by atoms with Gasteiger partial charge in [0.05, 0.1) is 12.9 Å². The van der Waals surface area contributed by atoms with Gasteiger partial charge >= 0.3 is 12.1 Å². The first-order valence-electron chi connectivity index (χ1n) is 10.3. The molecule has 3 atom stereocenters. The smallest absolute Gasteiger partial charge is 0.408 e. The van der Waals surface area contributed by atoms with Gasteiger partial charge in [-0.05, 0) is 52.0 Å². The van der Waals surface area contributed by atoms with Gasteiger partial charge in [0.25, 0.3) is 0 Å². The highest BCUT2D eigenvalue weighted by atomic mass is 16.6. The summed E-state index contributed by atoms with van der Waals surface area (Å²) in [5.41, 5.74) is 0.180. The molecule has 0 spiro atoms. The highest BCUT2D eigenvalue weighted by Gasteiger charge is 2.30. The Labute approximate surface area is 179 Å². The summed E-state index contributed by atoms with van der Waals surface area (Å²) >= 11 is 0. The zero-order valence-corrected chi connectivity index (χ0v) is 19.1. The van der Waals surface area contributed by atoms with Gasteiger partial charge in [-0.2, -0.15) is 0 Å². The zero-order chi connectivity index (χ0) is 23.1. The quantitative estimate of drug-likeness (QED) is 0.515. The zero-order valence-electron chi connectivity index (χ0n) is 19.1. The molecule has 170 valence electrons. The molecule has 2 amide bonds. The Bertz CT molecular complexity index is 690.